The second-order valence-corrected chi connectivity index (χ2v) is 3.11. The van der Waals surface area contributed by atoms with E-state index in [-0.39, 0.29) is 12.0 Å². The standard InChI is InChI=1S/C8H16N2O2/c1-12-8(11)7(9)6-4-2-3-5-10-6/h6-7,10H,2-5,9H2,1H3. The van der Waals surface area contributed by atoms with Crippen molar-refractivity contribution in [2.24, 2.45) is 5.73 Å². The molecule has 0 amide bonds. The Kier molecular flexibility index (Phi) is 3.49. The lowest BCUT2D eigenvalue weighted by molar-refractivity contribution is -0.143. The number of nitrogens with two attached hydrogens (primary N) is 1. The zero-order valence-corrected chi connectivity index (χ0v) is 7.38. The lowest BCUT2D eigenvalue weighted by atomic mass is 9.99. The van der Waals surface area contributed by atoms with E-state index < -0.39 is 6.04 Å². The molecule has 0 aromatic heterocycles. The van der Waals surface area contributed by atoms with Crippen LogP contribution in [0.2, 0.25) is 0 Å². The largest absolute Gasteiger partial charge is 0.468 e. The molecule has 2 unspecified atom stereocenters. The number of hydrogen-bond donors (Lipinski definition) is 2. The second-order valence-electron chi connectivity index (χ2n) is 3.11. The van der Waals surface area contributed by atoms with Gasteiger partial charge in [-0.1, -0.05) is 6.42 Å². The summed E-state index contributed by atoms with van der Waals surface area (Å²) in [6, 6.07) is -0.401. The van der Waals surface area contributed by atoms with Crippen molar-refractivity contribution in [2.45, 2.75) is 31.3 Å². The van der Waals surface area contributed by atoms with Crippen LogP contribution in [0.1, 0.15) is 19.3 Å². The zero-order chi connectivity index (χ0) is 8.97. The van der Waals surface area contributed by atoms with E-state index in [0.29, 0.717) is 0 Å². The van der Waals surface area contributed by atoms with E-state index in [1.54, 1.807) is 0 Å². The van der Waals surface area contributed by atoms with E-state index >= 15 is 0 Å². The molecule has 1 saturated heterocycles. The lowest BCUT2D eigenvalue weighted by Crippen LogP contribution is -2.52. The fourth-order valence-corrected chi connectivity index (χ4v) is 1.49. The van der Waals surface area contributed by atoms with Crippen molar-refractivity contribution < 1.29 is 9.53 Å². The van der Waals surface area contributed by atoms with Gasteiger partial charge in [-0.25, -0.2) is 0 Å². The average Bonchev–Trinajstić information content (AvgIpc) is 2.17. The van der Waals surface area contributed by atoms with Gasteiger partial charge < -0.3 is 15.8 Å². The van der Waals surface area contributed by atoms with Gasteiger partial charge in [0.15, 0.2) is 0 Å². The molecule has 1 rings (SSSR count). The predicted molar refractivity (Wildman–Crippen MR) is 45.6 cm³/mol. The minimum Gasteiger partial charge on any atom is -0.468 e. The molecule has 0 aliphatic carbocycles. The first-order valence-electron chi connectivity index (χ1n) is 4.32. The third-order valence-corrected chi connectivity index (χ3v) is 2.26. The van der Waals surface area contributed by atoms with E-state index in [4.69, 9.17) is 5.73 Å². The smallest absolute Gasteiger partial charge is 0.324 e. The minimum atomic E-state index is -0.504. The minimum absolute atomic E-state index is 0.103. The van der Waals surface area contributed by atoms with Crippen LogP contribution in [0, 0.1) is 0 Å². The molecule has 4 nitrogen and oxygen atoms in total. The Balaban J connectivity index is 2.39. The Labute approximate surface area is 72.5 Å². The van der Waals surface area contributed by atoms with Crippen molar-refractivity contribution in [1.29, 1.82) is 0 Å². The fraction of sp³-hybridized carbons (Fsp3) is 0.875. The highest BCUT2D eigenvalue weighted by atomic mass is 16.5. The number of nitrogens with one attached hydrogen (secondary N) is 1. The first-order valence-corrected chi connectivity index (χ1v) is 4.32. The molecule has 0 aromatic rings. The van der Waals surface area contributed by atoms with Gasteiger partial charge in [0.05, 0.1) is 7.11 Å². The molecule has 0 saturated carbocycles. The number of methoxy groups -OCH3 is 1. The molecule has 1 fully saturated rings. The van der Waals surface area contributed by atoms with Crippen molar-refractivity contribution in [2.75, 3.05) is 13.7 Å². The van der Waals surface area contributed by atoms with E-state index in [1.807, 2.05) is 0 Å². The van der Waals surface area contributed by atoms with Crippen molar-refractivity contribution in [3.05, 3.63) is 0 Å². The van der Waals surface area contributed by atoms with Gasteiger partial charge in [-0.15, -0.1) is 0 Å². The number of carbonyl (C=O) groups excluding carboxylic acids is 1. The van der Waals surface area contributed by atoms with Crippen molar-refractivity contribution in [1.82, 2.24) is 5.32 Å². The Morgan fingerprint density at radius 3 is 2.92 bits per heavy atom. The van der Waals surface area contributed by atoms with Gasteiger partial charge in [0, 0.05) is 6.04 Å². The van der Waals surface area contributed by atoms with Crippen LogP contribution in [0.25, 0.3) is 0 Å². The zero-order valence-electron chi connectivity index (χ0n) is 7.38. The fourth-order valence-electron chi connectivity index (χ4n) is 1.49. The number of esters is 1. The molecule has 1 heterocycles. The van der Waals surface area contributed by atoms with Gasteiger partial charge in [-0.3, -0.25) is 4.79 Å². The SMILES string of the molecule is COC(=O)C(N)C1CCCCN1. The van der Waals surface area contributed by atoms with Crippen molar-refractivity contribution in [3.63, 3.8) is 0 Å². The molecule has 1 aliphatic rings. The molecular formula is C8H16N2O2. The summed E-state index contributed by atoms with van der Waals surface area (Å²) in [5.41, 5.74) is 5.67. The topological polar surface area (TPSA) is 64.3 Å². The molecule has 0 radical (unpaired) electrons. The van der Waals surface area contributed by atoms with Gasteiger partial charge in [-0.2, -0.15) is 0 Å². The van der Waals surface area contributed by atoms with E-state index in [9.17, 15) is 4.79 Å². The summed E-state index contributed by atoms with van der Waals surface area (Å²) in [5.74, 6) is -0.325. The number of piperidine rings is 1. The molecule has 4 heteroatoms. The van der Waals surface area contributed by atoms with E-state index in [2.05, 4.69) is 10.1 Å². The summed E-state index contributed by atoms with van der Waals surface area (Å²) < 4.78 is 4.56. The normalized spacial score (nSPS) is 26.3. The van der Waals surface area contributed by atoms with Gasteiger partial charge in [-0.05, 0) is 19.4 Å². The average molecular weight is 172 g/mol. The van der Waals surface area contributed by atoms with E-state index in [1.165, 1.54) is 13.5 Å². The summed E-state index contributed by atoms with van der Waals surface area (Å²) in [4.78, 5) is 11.0. The maximum atomic E-state index is 11.0. The van der Waals surface area contributed by atoms with Gasteiger partial charge >= 0.3 is 5.97 Å². The summed E-state index contributed by atoms with van der Waals surface area (Å²) >= 11 is 0. The number of rotatable bonds is 2. The van der Waals surface area contributed by atoms with Crippen LogP contribution < -0.4 is 11.1 Å². The molecule has 0 bridgehead atoms. The predicted octanol–water partition coefficient (Wildman–Crippen LogP) is -0.371. The van der Waals surface area contributed by atoms with Crippen LogP contribution in [0.5, 0.6) is 0 Å². The van der Waals surface area contributed by atoms with Crippen LogP contribution >= 0.6 is 0 Å². The summed E-state index contributed by atoms with van der Waals surface area (Å²) in [6.45, 7) is 0.954. The van der Waals surface area contributed by atoms with Crippen molar-refractivity contribution in [3.8, 4) is 0 Å². The molecular weight excluding hydrogens is 156 g/mol. The van der Waals surface area contributed by atoms with Crippen LogP contribution in [0.3, 0.4) is 0 Å². The molecule has 2 atom stereocenters. The first kappa shape index (κ1) is 9.48. The molecule has 70 valence electrons. The molecule has 0 aromatic carbocycles. The summed E-state index contributed by atoms with van der Waals surface area (Å²) in [5, 5.41) is 3.21. The quantitative estimate of drug-likeness (QED) is 0.558. The first-order chi connectivity index (χ1) is 5.75. The Morgan fingerprint density at radius 1 is 1.67 bits per heavy atom. The third-order valence-electron chi connectivity index (χ3n) is 2.26. The maximum Gasteiger partial charge on any atom is 0.324 e. The Hall–Kier alpha value is -0.610. The highest BCUT2D eigenvalue weighted by molar-refractivity contribution is 5.76. The third kappa shape index (κ3) is 2.19. The Morgan fingerprint density at radius 2 is 2.42 bits per heavy atom. The van der Waals surface area contributed by atoms with Crippen LogP contribution in [0.15, 0.2) is 0 Å². The lowest BCUT2D eigenvalue weighted by Gasteiger charge is -2.26. The Bertz CT molecular complexity index is 155. The number of hydrogen-bond acceptors (Lipinski definition) is 4. The van der Waals surface area contributed by atoms with Crippen LogP contribution in [-0.4, -0.2) is 31.7 Å². The maximum absolute atomic E-state index is 11.0. The summed E-state index contributed by atoms with van der Waals surface area (Å²) in [6.07, 6.45) is 3.28. The van der Waals surface area contributed by atoms with Gasteiger partial charge in [0.2, 0.25) is 0 Å². The number of ether oxygens (including phenoxy) is 1. The molecule has 1 aliphatic heterocycles. The van der Waals surface area contributed by atoms with Crippen LogP contribution in [-0.2, 0) is 9.53 Å². The van der Waals surface area contributed by atoms with Gasteiger partial charge in [0.1, 0.15) is 6.04 Å². The van der Waals surface area contributed by atoms with Gasteiger partial charge in [0.25, 0.3) is 0 Å². The highest BCUT2D eigenvalue weighted by Crippen LogP contribution is 2.09. The van der Waals surface area contributed by atoms with Crippen molar-refractivity contribution >= 4 is 5.97 Å². The monoisotopic (exact) mass is 172 g/mol. The van der Waals surface area contributed by atoms with Crippen LogP contribution in [0.4, 0.5) is 0 Å². The summed E-state index contributed by atoms with van der Waals surface area (Å²) in [7, 11) is 1.37. The highest BCUT2D eigenvalue weighted by Gasteiger charge is 2.26. The molecule has 0 spiro atoms. The number of carbonyl (C=O) groups is 1. The van der Waals surface area contributed by atoms with E-state index in [0.717, 1.165) is 19.4 Å². The second kappa shape index (κ2) is 4.42. The molecule has 12 heavy (non-hydrogen) atoms. The molecule has 3 N–H and O–H groups in total.